The standard InChI is InChI=1S/C15H11ClN2O2/c1-9-10(8-17)4-3-5-11(9)12-6-7-13(15(19)20-2)18-14(12)16/h3-7H,1-2H3. The molecule has 2 rings (SSSR count). The van der Waals surface area contributed by atoms with Gasteiger partial charge in [-0.25, -0.2) is 9.78 Å². The predicted octanol–water partition coefficient (Wildman–Crippen LogP) is 3.37. The number of benzene rings is 1. The van der Waals surface area contributed by atoms with Crippen LogP contribution in [0.1, 0.15) is 21.6 Å². The summed E-state index contributed by atoms with van der Waals surface area (Å²) in [4.78, 5) is 15.4. The van der Waals surface area contributed by atoms with E-state index in [0.717, 1.165) is 11.1 Å². The van der Waals surface area contributed by atoms with Crippen molar-refractivity contribution in [2.75, 3.05) is 7.11 Å². The van der Waals surface area contributed by atoms with E-state index < -0.39 is 5.97 Å². The lowest BCUT2D eigenvalue weighted by Gasteiger charge is -2.09. The minimum absolute atomic E-state index is 0.148. The van der Waals surface area contributed by atoms with Crippen molar-refractivity contribution in [2.45, 2.75) is 6.92 Å². The first kappa shape index (κ1) is 14.0. The molecule has 1 aromatic heterocycles. The quantitative estimate of drug-likeness (QED) is 0.627. The van der Waals surface area contributed by atoms with Crippen LogP contribution >= 0.6 is 11.6 Å². The molecular weight excluding hydrogens is 276 g/mol. The Balaban J connectivity index is 2.55. The van der Waals surface area contributed by atoms with E-state index in [1.807, 2.05) is 13.0 Å². The SMILES string of the molecule is COC(=O)c1ccc(-c2cccc(C#N)c2C)c(Cl)n1. The molecule has 0 saturated carbocycles. The number of carbonyl (C=O) groups excluding carboxylic acids is 1. The van der Waals surface area contributed by atoms with E-state index >= 15 is 0 Å². The zero-order chi connectivity index (χ0) is 14.7. The summed E-state index contributed by atoms with van der Waals surface area (Å²) < 4.78 is 4.59. The Labute approximate surface area is 121 Å². The molecular formula is C15H11ClN2O2. The summed E-state index contributed by atoms with van der Waals surface area (Å²) in [6.45, 7) is 1.85. The number of nitrogens with zero attached hydrogens (tertiary/aromatic N) is 2. The highest BCUT2D eigenvalue weighted by atomic mass is 35.5. The third-order valence-electron chi connectivity index (χ3n) is 2.99. The molecule has 0 fully saturated rings. The molecule has 0 aliphatic carbocycles. The van der Waals surface area contributed by atoms with Crippen molar-refractivity contribution in [3.05, 3.63) is 52.3 Å². The van der Waals surface area contributed by atoms with Crippen LogP contribution in [0.25, 0.3) is 11.1 Å². The van der Waals surface area contributed by atoms with Crippen LogP contribution < -0.4 is 0 Å². The summed E-state index contributed by atoms with van der Waals surface area (Å²) in [6.07, 6.45) is 0. The first-order chi connectivity index (χ1) is 9.58. The second-order valence-corrected chi connectivity index (χ2v) is 4.47. The van der Waals surface area contributed by atoms with Crippen LogP contribution in [0.4, 0.5) is 0 Å². The van der Waals surface area contributed by atoms with Crippen LogP contribution in [0.5, 0.6) is 0 Å². The van der Waals surface area contributed by atoms with Gasteiger partial charge in [-0.05, 0) is 36.2 Å². The number of nitriles is 1. The number of hydrogen-bond acceptors (Lipinski definition) is 4. The molecule has 0 aliphatic heterocycles. The lowest BCUT2D eigenvalue weighted by molar-refractivity contribution is 0.0594. The fourth-order valence-electron chi connectivity index (χ4n) is 1.90. The molecule has 0 radical (unpaired) electrons. The molecule has 4 nitrogen and oxygen atoms in total. The zero-order valence-corrected chi connectivity index (χ0v) is 11.7. The lowest BCUT2D eigenvalue weighted by atomic mass is 9.98. The summed E-state index contributed by atoms with van der Waals surface area (Å²) in [7, 11) is 1.28. The Morgan fingerprint density at radius 2 is 2.05 bits per heavy atom. The van der Waals surface area contributed by atoms with Gasteiger partial charge in [0, 0.05) is 5.56 Å². The summed E-state index contributed by atoms with van der Waals surface area (Å²) in [5, 5.41) is 9.25. The fraction of sp³-hybridized carbons (Fsp3) is 0.133. The normalized spacial score (nSPS) is 9.90. The van der Waals surface area contributed by atoms with Crippen molar-refractivity contribution >= 4 is 17.6 Å². The summed E-state index contributed by atoms with van der Waals surface area (Å²) in [6, 6.07) is 10.8. The second kappa shape index (κ2) is 5.72. The molecule has 0 bridgehead atoms. The average molecular weight is 287 g/mol. The molecule has 0 spiro atoms. The Kier molecular flexibility index (Phi) is 4.02. The van der Waals surface area contributed by atoms with Crippen molar-refractivity contribution in [2.24, 2.45) is 0 Å². The van der Waals surface area contributed by atoms with Gasteiger partial charge in [0.15, 0.2) is 0 Å². The highest BCUT2D eigenvalue weighted by molar-refractivity contribution is 6.32. The molecule has 0 saturated heterocycles. The summed E-state index contributed by atoms with van der Waals surface area (Å²) in [5.74, 6) is -0.541. The number of hydrogen-bond donors (Lipinski definition) is 0. The van der Waals surface area contributed by atoms with E-state index in [4.69, 9.17) is 16.9 Å². The van der Waals surface area contributed by atoms with Crippen LogP contribution in [0, 0.1) is 18.3 Å². The first-order valence-corrected chi connectivity index (χ1v) is 6.21. The first-order valence-electron chi connectivity index (χ1n) is 5.83. The third kappa shape index (κ3) is 2.49. The van der Waals surface area contributed by atoms with Gasteiger partial charge in [-0.3, -0.25) is 0 Å². The van der Waals surface area contributed by atoms with Crippen molar-refractivity contribution in [1.29, 1.82) is 5.26 Å². The molecule has 0 aliphatic rings. The van der Waals surface area contributed by atoms with Crippen LogP contribution in [0.2, 0.25) is 5.15 Å². The monoisotopic (exact) mass is 286 g/mol. The van der Waals surface area contributed by atoms with Gasteiger partial charge in [0.05, 0.1) is 18.7 Å². The smallest absolute Gasteiger partial charge is 0.356 e. The molecule has 5 heteroatoms. The number of carbonyl (C=O) groups is 1. The van der Waals surface area contributed by atoms with Gasteiger partial charge in [0.25, 0.3) is 0 Å². The Morgan fingerprint density at radius 3 is 2.65 bits per heavy atom. The topological polar surface area (TPSA) is 63.0 Å². The van der Waals surface area contributed by atoms with Crippen LogP contribution in [0.15, 0.2) is 30.3 Å². The number of aromatic nitrogens is 1. The Hall–Kier alpha value is -2.38. The van der Waals surface area contributed by atoms with Gasteiger partial charge in [-0.2, -0.15) is 5.26 Å². The van der Waals surface area contributed by atoms with Gasteiger partial charge >= 0.3 is 5.97 Å². The van der Waals surface area contributed by atoms with E-state index in [2.05, 4.69) is 15.8 Å². The van der Waals surface area contributed by atoms with Crippen LogP contribution in [-0.2, 0) is 4.74 Å². The molecule has 1 aromatic carbocycles. The Bertz CT molecular complexity index is 720. The van der Waals surface area contributed by atoms with Crippen molar-refractivity contribution in [3.63, 3.8) is 0 Å². The van der Waals surface area contributed by atoms with E-state index in [-0.39, 0.29) is 10.8 Å². The highest BCUT2D eigenvalue weighted by Gasteiger charge is 2.14. The van der Waals surface area contributed by atoms with E-state index in [1.54, 1.807) is 24.3 Å². The zero-order valence-electron chi connectivity index (χ0n) is 11.0. The van der Waals surface area contributed by atoms with Gasteiger partial charge in [-0.1, -0.05) is 23.7 Å². The molecule has 100 valence electrons. The minimum Gasteiger partial charge on any atom is -0.464 e. The number of ether oxygens (including phenoxy) is 1. The van der Waals surface area contributed by atoms with Crippen molar-refractivity contribution in [3.8, 4) is 17.2 Å². The third-order valence-corrected chi connectivity index (χ3v) is 3.28. The molecule has 0 amide bonds. The van der Waals surface area contributed by atoms with Crippen LogP contribution in [0.3, 0.4) is 0 Å². The predicted molar refractivity (Wildman–Crippen MR) is 75.5 cm³/mol. The number of rotatable bonds is 2. The maximum Gasteiger partial charge on any atom is 0.356 e. The second-order valence-electron chi connectivity index (χ2n) is 4.12. The summed E-state index contributed by atoms with van der Waals surface area (Å²) in [5.41, 5.74) is 3.04. The summed E-state index contributed by atoms with van der Waals surface area (Å²) >= 11 is 6.13. The van der Waals surface area contributed by atoms with Gasteiger partial charge in [-0.15, -0.1) is 0 Å². The molecule has 0 unspecified atom stereocenters. The lowest BCUT2D eigenvalue weighted by Crippen LogP contribution is -2.04. The maximum atomic E-state index is 11.4. The van der Waals surface area contributed by atoms with Gasteiger partial charge in [0.2, 0.25) is 0 Å². The molecule has 1 heterocycles. The van der Waals surface area contributed by atoms with Crippen molar-refractivity contribution in [1.82, 2.24) is 4.98 Å². The number of halogens is 1. The molecule has 20 heavy (non-hydrogen) atoms. The van der Waals surface area contributed by atoms with E-state index in [1.165, 1.54) is 7.11 Å². The van der Waals surface area contributed by atoms with Gasteiger partial charge in [0.1, 0.15) is 10.8 Å². The van der Waals surface area contributed by atoms with Crippen molar-refractivity contribution < 1.29 is 9.53 Å². The average Bonchev–Trinajstić information content (AvgIpc) is 2.47. The number of methoxy groups -OCH3 is 1. The maximum absolute atomic E-state index is 11.4. The molecule has 0 N–H and O–H groups in total. The Morgan fingerprint density at radius 1 is 1.30 bits per heavy atom. The fourth-order valence-corrected chi connectivity index (χ4v) is 2.16. The molecule has 0 atom stereocenters. The van der Waals surface area contributed by atoms with Gasteiger partial charge < -0.3 is 4.74 Å². The molecule has 2 aromatic rings. The van der Waals surface area contributed by atoms with E-state index in [0.29, 0.717) is 11.1 Å². The highest BCUT2D eigenvalue weighted by Crippen LogP contribution is 2.30. The number of pyridine rings is 1. The van der Waals surface area contributed by atoms with E-state index in [9.17, 15) is 4.79 Å². The largest absolute Gasteiger partial charge is 0.464 e. The number of esters is 1. The minimum atomic E-state index is -0.541. The van der Waals surface area contributed by atoms with Crippen LogP contribution in [-0.4, -0.2) is 18.1 Å².